The van der Waals surface area contributed by atoms with Crippen molar-refractivity contribution in [1.82, 2.24) is 25.0 Å². The van der Waals surface area contributed by atoms with Crippen molar-refractivity contribution in [2.45, 2.75) is 19.2 Å². The van der Waals surface area contributed by atoms with Gasteiger partial charge in [-0.2, -0.15) is 5.10 Å². The molecule has 0 aliphatic carbocycles. The summed E-state index contributed by atoms with van der Waals surface area (Å²) < 4.78 is 1.71. The second-order valence-corrected chi connectivity index (χ2v) is 10.8. The number of thioether (sulfide) groups is 1. The molecule has 34 heavy (non-hydrogen) atoms. The van der Waals surface area contributed by atoms with Gasteiger partial charge in [-0.15, -0.1) is 23.1 Å². The van der Waals surface area contributed by atoms with Crippen LogP contribution in [-0.4, -0.2) is 55.7 Å². The van der Waals surface area contributed by atoms with Crippen LogP contribution in [0.4, 0.5) is 0 Å². The molecule has 1 N–H and O–H groups in total. The first-order valence-corrected chi connectivity index (χ1v) is 13.0. The van der Waals surface area contributed by atoms with Crippen molar-refractivity contribution in [3.05, 3.63) is 69.7 Å². The largest absolute Gasteiger partial charge is 0.348 e. The fraction of sp³-hybridized carbons (Fsp3) is 0.280. The summed E-state index contributed by atoms with van der Waals surface area (Å²) in [7, 11) is 1.83. The second kappa shape index (κ2) is 9.23. The molecule has 1 aliphatic rings. The molecular formula is C25H25N5O2S2. The van der Waals surface area contributed by atoms with Crippen LogP contribution in [-0.2, 0) is 7.05 Å². The minimum atomic E-state index is -0.231. The number of aromatic nitrogens is 3. The van der Waals surface area contributed by atoms with E-state index >= 15 is 0 Å². The highest BCUT2D eigenvalue weighted by atomic mass is 32.2. The van der Waals surface area contributed by atoms with Gasteiger partial charge in [0.2, 0.25) is 0 Å². The predicted molar refractivity (Wildman–Crippen MR) is 137 cm³/mol. The smallest absolute Gasteiger partial charge is 0.272 e. The van der Waals surface area contributed by atoms with Gasteiger partial charge in [0.15, 0.2) is 5.69 Å². The van der Waals surface area contributed by atoms with Gasteiger partial charge in [0.05, 0.1) is 21.6 Å². The topological polar surface area (TPSA) is 80.1 Å². The number of aryl methyl sites for hydroxylation is 3. The van der Waals surface area contributed by atoms with Crippen LogP contribution in [0.2, 0.25) is 0 Å². The monoisotopic (exact) mass is 491 g/mol. The SMILES string of the molecule is Cc1ccc(-c2nc(C)sc2C(=O)N2CCSC2CNC(=O)c2nn(C)c3ccccc23)cc1. The Morgan fingerprint density at radius 3 is 2.68 bits per heavy atom. The van der Waals surface area contributed by atoms with Gasteiger partial charge in [0, 0.05) is 36.8 Å². The quantitative estimate of drug-likeness (QED) is 0.451. The van der Waals surface area contributed by atoms with Gasteiger partial charge < -0.3 is 10.2 Å². The maximum atomic E-state index is 13.6. The average molecular weight is 492 g/mol. The Bertz CT molecular complexity index is 1380. The number of carbonyl (C=O) groups is 2. The number of nitrogens with zero attached hydrogens (tertiary/aromatic N) is 4. The van der Waals surface area contributed by atoms with Gasteiger partial charge in [-0.1, -0.05) is 48.0 Å². The van der Waals surface area contributed by atoms with Gasteiger partial charge in [0.1, 0.15) is 4.88 Å². The number of hydrogen-bond donors (Lipinski definition) is 1. The molecule has 0 spiro atoms. The Morgan fingerprint density at radius 1 is 1.12 bits per heavy atom. The van der Waals surface area contributed by atoms with Crippen LogP contribution in [0.5, 0.6) is 0 Å². The van der Waals surface area contributed by atoms with Gasteiger partial charge in [0.25, 0.3) is 11.8 Å². The molecule has 1 fully saturated rings. The van der Waals surface area contributed by atoms with E-state index in [9.17, 15) is 9.59 Å². The average Bonchev–Trinajstić information content (AvgIpc) is 3.55. The van der Waals surface area contributed by atoms with E-state index in [2.05, 4.69) is 15.4 Å². The molecule has 1 aliphatic heterocycles. The Morgan fingerprint density at radius 2 is 1.88 bits per heavy atom. The molecule has 2 amide bonds. The van der Waals surface area contributed by atoms with Crippen LogP contribution in [0.25, 0.3) is 22.2 Å². The van der Waals surface area contributed by atoms with Crippen molar-refractivity contribution in [1.29, 1.82) is 0 Å². The first-order valence-electron chi connectivity index (χ1n) is 11.1. The normalized spacial score (nSPS) is 15.7. The molecule has 1 unspecified atom stereocenters. The summed E-state index contributed by atoms with van der Waals surface area (Å²) in [6, 6.07) is 15.7. The Kier molecular flexibility index (Phi) is 6.14. The van der Waals surface area contributed by atoms with E-state index in [1.54, 1.807) is 16.4 Å². The molecular weight excluding hydrogens is 466 g/mol. The maximum absolute atomic E-state index is 13.6. The number of fused-ring (bicyclic) bond motifs is 1. The highest BCUT2D eigenvalue weighted by Crippen LogP contribution is 2.33. The van der Waals surface area contributed by atoms with Crippen molar-refractivity contribution in [2.75, 3.05) is 18.8 Å². The van der Waals surface area contributed by atoms with Crippen LogP contribution in [0, 0.1) is 13.8 Å². The van der Waals surface area contributed by atoms with Gasteiger partial charge in [-0.05, 0) is 19.9 Å². The van der Waals surface area contributed by atoms with Crippen molar-refractivity contribution in [3.8, 4) is 11.3 Å². The van der Waals surface area contributed by atoms with E-state index in [1.807, 2.05) is 74.3 Å². The third-order valence-corrected chi connectivity index (χ3v) is 8.10. The maximum Gasteiger partial charge on any atom is 0.272 e. The Labute approximate surface area is 206 Å². The molecule has 0 bridgehead atoms. The summed E-state index contributed by atoms with van der Waals surface area (Å²) in [6.07, 6.45) is 0. The van der Waals surface area contributed by atoms with Gasteiger partial charge >= 0.3 is 0 Å². The minimum Gasteiger partial charge on any atom is -0.348 e. The number of benzene rings is 2. The first-order chi connectivity index (χ1) is 16.4. The molecule has 7 nitrogen and oxygen atoms in total. The highest BCUT2D eigenvalue weighted by Gasteiger charge is 2.33. The summed E-state index contributed by atoms with van der Waals surface area (Å²) >= 11 is 3.10. The van der Waals surface area contributed by atoms with Crippen LogP contribution in [0.15, 0.2) is 48.5 Å². The fourth-order valence-electron chi connectivity index (χ4n) is 4.18. The molecule has 2 aromatic carbocycles. The number of amides is 2. The lowest BCUT2D eigenvalue weighted by Crippen LogP contribution is -2.42. The number of rotatable bonds is 5. The molecule has 2 aromatic heterocycles. The van der Waals surface area contributed by atoms with E-state index in [4.69, 9.17) is 0 Å². The number of nitrogens with one attached hydrogen (secondary N) is 1. The molecule has 0 saturated carbocycles. The lowest BCUT2D eigenvalue weighted by atomic mass is 10.1. The zero-order valence-electron chi connectivity index (χ0n) is 19.2. The van der Waals surface area contributed by atoms with Crippen LogP contribution in [0.3, 0.4) is 0 Å². The molecule has 174 valence electrons. The van der Waals surface area contributed by atoms with Crippen molar-refractivity contribution in [2.24, 2.45) is 7.05 Å². The van der Waals surface area contributed by atoms with Crippen molar-refractivity contribution >= 4 is 45.8 Å². The molecule has 3 heterocycles. The van der Waals surface area contributed by atoms with Crippen LogP contribution < -0.4 is 5.32 Å². The summed E-state index contributed by atoms with van der Waals surface area (Å²) in [6.45, 7) is 4.96. The summed E-state index contributed by atoms with van der Waals surface area (Å²) in [5.41, 5.74) is 4.14. The number of thiazole rings is 1. The number of para-hydroxylation sites is 1. The summed E-state index contributed by atoms with van der Waals surface area (Å²) in [4.78, 5) is 33.7. The van der Waals surface area contributed by atoms with Gasteiger partial charge in [-0.3, -0.25) is 14.3 Å². The highest BCUT2D eigenvalue weighted by molar-refractivity contribution is 8.00. The van der Waals surface area contributed by atoms with Gasteiger partial charge in [-0.25, -0.2) is 4.98 Å². The predicted octanol–water partition coefficient (Wildman–Crippen LogP) is 4.26. The van der Waals surface area contributed by atoms with Crippen molar-refractivity contribution < 1.29 is 9.59 Å². The number of carbonyl (C=O) groups excluding carboxylic acids is 2. The molecule has 0 radical (unpaired) electrons. The number of hydrogen-bond acceptors (Lipinski definition) is 6. The minimum absolute atomic E-state index is 0.0336. The first kappa shape index (κ1) is 22.6. The zero-order valence-corrected chi connectivity index (χ0v) is 20.9. The van der Waals surface area contributed by atoms with E-state index < -0.39 is 0 Å². The third-order valence-electron chi connectivity index (χ3n) is 5.91. The lowest BCUT2D eigenvalue weighted by molar-refractivity contribution is 0.0756. The Hall–Kier alpha value is -3.17. The van der Waals surface area contributed by atoms with Crippen LogP contribution >= 0.6 is 23.1 Å². The standard InChI is InChI=1S/C25H25N5O2S2/c1-15-8-10-17(11-9-15)21-23(34-16(2)27-21)25(32)30-12-13-33-20(30)14-26-24(31)22-18-6-4-5-7-19(18)29(3)28-22/h4-11,20H,12-14H2,1-3H3,(H,26,31). The second-order valence-electron chi connectivity index (χ2n) is 8.30. The fourth-order valence-corrected chi connectivity index (χ4v) is 6.23. The van der Waals surface area contributed by atoms with E-state index in [0.717, 1.165) is 38.5 Å². The van der Waals surface area contributed by atoms with E-state index in [-0.39, 0.29) is 17.2 Å². The lowest BCUT2D eigenvalue weighted by Gasteiger charge is -2.23. The summed E-state index contributed by atoms with van der Waals surface area (Å²) in [5.74, 6) is 0.565. The Balaban J connectivity index is 1.33. The summed E-state index contributed by atoms with van der Waals surface area (Å²) in [5, 5.41) is 8.94. The zero-order chi connectivity index (χ0) is 23.8. The molecule has 4 aromatic rings. The van der Waals surface area contributed by atoms with E-state index in [1.165, 1.54) is 11.3 Å². The molecule has 1 atom stereocenters. The van der Waals surface area contributed by atoms with Crippen LogP contribution in [0.1, 0.15) is 30.7 Å². The van der Waals surface area contributed by atoms with Crippen molar-refractivity contribution in [3.63, 3.8) is 0 Å². The molecule has 1 saturated heterocycles. The molecule has 5 rings (SSSR count). The molecule has 9 heteroatoms. The third kappa shape index (κ3) is 4.21. The van der Waals surface area contributed by atoms with E-state index in [0.29, 0.717) is 23.7 Å².